The van der Waals surface area contributed by atoms with Gasteiger partial charge in [-0.25, -0.2) is 0 Å². The van der Waals surface area contributed by atoms with Gasteiger partial charge in [-0.1, -0.05) is 48.5 Å². The Balaban J connectivity index is 1.52. The number of carbonyl (C=O) groups is 2. The molecule has 2 N–H and O–H groups in total. The van der Waals surface area contributed by atoms with Crippen LogP contribution in [0.2, 0.25) is 0 Å². The van der Waals surface area contributed by atoms with Crippen LogP contribution in [0.1, 0.15) is 22.7 Å². The maximum absolute atomic E-state index is 12.7. The topological polar surface area (TPSA) is 64.7 Å². The van der Waals surface area contributed by atoms with Crippen molar-refractivity contribution in [3.8, 4) is 0 Å². The molecule has 6 nitrogen and oxygen atoms in total. The predicted octanol–water partition coefficient (Wildman–Crippen LogP) is 3.92. The van der Waals surface area contributed by atoms with Crippen LogP contribution in [0.15, 0.2) is 72.8 Å². The van der Waals surface area contributed by atoms with Crippen molar-refractivity contribution >= 4 is 28.9 Å². The highest BCUT2D eigenvalue weighted by Crippen LogP contribution is 2.35. The number of nitrogens with zero attached hydrogens (tertiary/aromatic N) is 2. The van der Waals surface area contributed by atoms with Gasteiger partial charge in [0.2, 0.25) is 0 Å². The van der Waals surface area contributed by atoms with E-state index in [1.807, 2.05) is 45.3 Å². The summed E-state index contributed by atoms with van der Waals surface area (Å²) < 4.78 is 0. The van der Waals surface area contributed by atoms with Crippen LogP contribution in [0, 0.1) is 6.92 Å². The monoisotopic (exact) mass is 442 g/mol. The number of benzene rings is 3. The number of amides is 2. The van der Waals surface area contributed by atoms with E-state index in [-0.39, 0.29) is 6.04 Å². The van der Waals surface area contributed by atoms with E-state index < -0.39 is 11.8 Å². The Hall–Kier alpha value is -3.80. The summed E-state index contributed by atoms with van der Waals surface area (Å²) in [7, 11) is 4.02. The van der Waals surface area contributed by atoms with Crippen LogP contribution >= 0.6 is 0 Å². The van der Waals surface area contributed by atoms with Crippen molar-refractivity contribution in [2.24, 2.45) is 0 Å². The molecular formula is C27H30N4O2. The van der Waals surface area contributed by atoms with Crippen molar-refractivity contribution in [2.75, 3.05) is 42.3 Å². The zero-order chi connectivity index (χ0) is 23.4. The van der Waals surface area contributed by atoms with Crippen molar-refractivity contribution in [1.29, 1.82) is 0 Å². The van der Waals surface area contributed by atoms with E-state index in [4.69, 9.17) is 0 Å². The zero-order valence-corrected chi connectivity index (χ0v) is 19.3. The SMILES string of the molecule is Cc1ccccc1NC(=O)C(=O)NC[C@H](c1ccc(N(C)C)cc1)N1CCc2ccccc21. The lowest BCUT2D eigenvalue weighted by atomic mass is 10.0. The van der Waals surface area contributed by atoms with Crippen molar-refractivity contribution in [1.82, 2.24) is 5.32 Å². The van der Waals surface area contributed by atoms with Gasteiger partial charge >= 0.3 is 11.8 Å². The van der Waals surface area contributed by atoms with Crippen LogP contribution in [0.4, 0.5) is 17.1 Å². The molecule has 0 saturated carbocycles. The number of carbonyl (C=O) groups excluding carboxylic acids is 2. The van der Waals surface area contributed by atoms with Crippen molar-refractivity contribution < 1.29 is 9.59 Å². The van der Waals surface area contributed by atoms with Gasteiger partial charge in [0.1, 0.15) is 0 Å². The number of hydrogen-bond donors (Lipinski definition) is 2. The maximum Gasteiger partial charge on any atom is 0.313 e. The second kappa shape index (κ2) is 9.77. The van der Waals surface area contributed by atoms with Crippen LogP contribution in [0.5, 0.6) is 0 Å². The van der Waals surface area contributed by atoms with Crippen LogP contribution < -0.4 is 20.4 Å². The highest BCUT2D eigenvalue weighted by Gasteiger charge is 2.28. The smallest absolute Gasteiger partial charge is 0.313 e. The van der Waals surface area contributed by atoms with Gasteiger partial charge in [0.25, 0.3) is 0 Å². The molecule has 3 aromatic rings. The lowest BCUT2D eigenvalue weighted by Gasteiger charge is -2.31. The average molecular weight is 443 g/mol. The predicted molar refractivity (Wildman–Crippen MR) is 134 cm³/mol. The first-order chi connectivity index (χ1) is 15.9. The van der Waals surface area contributed by atoms with Crippen molar-refractivity contribution in [3.05, 3.63) is 89.5 Å². The minimum absolute atomic E-state index is 0.0833. The number of nitrogens with one attached hydrogen (secondary N) is 2. The third-order valence-corrected chi connectivity index (χ3v) is 6.15. The molecule has 1 atom stereocenters. The molecule has 0 spiro atoms. The van der Waals surface area contributed by atoms with Crippen LogP contribution in [0.3, 0.4) is 0 Å². The van der Waals surface area contributed by atoms with Gasteiger partial charge < -0.3 is 20.4 Å². The van der Waals surface area contributed by atoms with E-state index in [1.165, 1.54) is 11.3 Å². The summed E-state index contributed by atoms with van der Waals surface area (Å²) in [6, 6.07) is 24.0. The first-order valence-electron chi connectivity index (χ1n) is 11.2. The third kappa shape index (κ3) is 5.00. The summed E-state index contributed by atoms with van der Waals surface area (Å²) in [5.41, 5.74) is 6.24. The molecule has 1 heterocycles. The van der Waals surface area contributed by atoms with Crippen molar-refractivity contribution in [3.63, 3.8) is 0 Å². The fourth-order valence-electron chi connectivity index (χ4n) is 4.25. The Kier molecular flexibility index (Phi) is 6.63. The average Bonchev–Trinajstić information content (AvgIpc) is 3.25. The molecular weight excluding hydrogens is 412 g/mol. The number of para-hydroxylation sites is 2. The van der Waals surface area contributed by atoms with Gasteiger partial charge in [0.05, 0.1) is 6.04 Å². The van der Waals surface area contributed by atoms with E-state index in [0.717, 1.165) is 29.8 Å². The summed E-state index contributed by atoms with van der Waals surface area (Å²) in [5.74, 6) is -1.30. The standard InChI is InChI=1S/C27H30N4O2/c1-19-8-4-6-10-23(19)29-27(33)26(32)28-18-25(21-12-14-22(15-13-21)30(2)3)31-17-16-20-9-5-7-11-24(20)31/h4-15,25H,16-18H2,1-3H3,(H,28,32)(H,29,33)/t25-/m1/s1. The number of rotatable bonds is 6. The molecule has 33 heavy (non-hydrogen) atoms. The summed E-state index contributed by atoms with van der Waals surface area (Å²) in [5, 5.41) is 5.57. The number of anilines is 3. The molecule has 1 aliphatic heterocycles. The lowest BCUT2D eigenvalue weighted by molar-refractivity contribution is -0.136. The molecule has 6 heteroatoms. The number of aryl methyl sites for hydroxylation is 1. The van der Waals surface area contributed by atoms with Crippen LogP contribution in [-0.4, -0.2) is 39.0 Å². The van der Waals surface area contributed by atoms with Gasteiger partial charge in [-0.05, 0) is 54.3 Å². The Labute approximate surface area is 195 Å². The molecule has 0 saturated heterocycles. The Morgan fingerprint density at radius 1 is 0.939 bits per heavy atom. The maximum atomic E-state index is 12.7. The second-order valence-electron chi connectivity index (χ2n) is 8.55. The summed E-state index contributed by atoms with van der Waals surface area (Å²) in [4.78, 5) is 29.5. The Bertz CT molecular complexity index is 1140. The quantitative estimate of drug-likeness (QED) is 0.568. The highest BCUT2D eigenvalue weighted by molar-refractivity contribution is 6.39. The molecule has 0 aliphatic carbocycles. The fraction of sp³-hybridized carbons (Fsp3) is 0.259. The van der Waals surface area contributed by atoms with Gasteiger partial charge in [-0.15, -0.1) is 0 Å². The molecule has 0 aromatic heterocycles. The minimum Gasteiger partial charge on any atom is -0.378 e. The molecule has 0 unspecified atom stereocenters. The number of hydrogen-bond acceptors (Lipinski definition) is 4. The van der Waals surface area contributed by atoms with E-state index in [2.05, 4.69) is 62.9 Å². The highest BCUT2D eigenvalue weighted by atomic mass is 16.2. The molecule has 170 valence electrons. The molecule has 0 radical (unpaired) electrons. The van der Waals surface area contributed by atoms with E-state index >= 15 is 0 Å². The van der Waals surface area contributed by atoms with Gasteiger partial charge in [-0.3, -0.25) is 9.59 Å². The van der Waals surface area contributed by atoms with Gasteiger partial charge in [-0.2, -0.15) is 0 Å². The second-order valence-corrected chi connectivity index (χ2v) is 8.55. The summed E-state index contributed by atoms with van der Waals surface area (Å²) in [6.07, 6.45) is 0.962. The van der Waals surface area contributed by atoms with Gasteiger partial charge in [0, 0.05) is 44.2 Å². The van der Waals surface area contributed by atoms with Crippen molar-refractivity contribution in [2.45, 2.75) is 19.4 Å². The summed E-state index contributed by atoms with van der Waals surface area (Å²) >= 11 is 0. The minimum atomic E-state index is -0.659. The first-order valence-corrected chi connectivity index (χ1v) is 11.2. The largest absolute Gasteiger partial charge is 0.378 e. The zero-order valence-electron chi connectivity index (χ0n) is 19.3. The fourth-order valence-corrected chi connectivity index (χ4v) is 4.25. The van der Waals surface area contributed by atoms with E-state index in [1.54, 1.807) is 6.07 Å². The third-order valence-electron chi connectivity index (χ3n) is 6.15. The molecule has 0 fully saturated rings. The lowest BCUT2D eigenvalue weighted by Crippen LogP contribution is -2.41. The van der Waals surface area contributed by atoms with Crippen LogP contribution in [0.25, 0.3) is 0 Å². The van der Waals surface area contributed by atoms with Crippen LogP contribution in [-0.2, 0) is 16.0 Å². The summed E-state index contributed by atoms with van der Waals surface area (Å²) in [6.45, 7) is 3.09. The molecule has 1 aliphatic rings. The molecule has 4 rings (SSSR count). The number of fused-ring (bicyclic) bond motifs is 1. The molecule has 2 amide bonds. The van der Waals surface area contributed by atoms with Gasteiger partial charge in [0.15, 0.2) is 0 Å². The molecule has 0 bridgehead atoms. The first kappa shape index (κ1) is 22.4. The Morgan fingerprint density at radius 2 is 1.64 bits per heavy atom. The van der Waals surface area contributed by atoms with E-state index in [0.29, 0.717) is 12.2 Å². The molecule has 3 aromatic carbocycles. The Morgan fingerprint density at radius 3 is 2.36 bits per heavy atom. The van der Waals surface area contributed by atoms with E-state index in [9.17, 15) is 9.59 Å². The normalized spacial score (nSPS) is 13.2.